The molecule has 114 heavy (non-hydrogen) atoms. The van der Waals surface area contributed by atoms with Gasteiger partial charge in [-0.3, -0.25) is 14.4 Å². The van der Waals surface area contributed by atoms with Crippen molar-refractivity contribution in [2.75, 3.05) is 61.9 Å². The highest BCUT2D eigenvalue weighted by Crippen LogP contribution is 2.69. The van der Waals surface area contributed by atoms with Crippen molar-refractivity contribution in [2.24, 2.45) is 126 Å². The van der Waals surface area contributed by atoms with Crippen molar-refractivity contribution in [3.63, 3.8) is 0 Å². The number of allylic oxidation sites excluding steroid dienone is 7. The number of aliphatic hydroxyl groups excluding tert-OH is 4. The lowest BCUT2D eigenvalue weighted by Crippen LogP contribution is -2.52. The lowest BCUT2D eigenvalue weighted by molar-refractivity contribution is -0.169. The molecule has 648 valence electrons. The third kappa shape index (κ3) is 21.5. The minimum atomic E-state index is -0.833. The highest BCUT2D eigenvalue weighted by molar-refractivity contribution is 5.66. The summed E-state index contributed by atoms with van der Waals surface area (Å²) in [4.78, 5) is 51.0. The van der Waals surface area contributed by atoms with Crippen molar-refractivity contribution in [1.82, 2.24) is 14.7 Å². The molecule has 12 aliphatic rings. The lowest BCUT2D eigenvalue weighted by atomic mass is 9.50. The molecule has 0 spiro atoms. The van der Waals surface area contributed by atoms with Crippen LogP contribution >= 0.6 is 0 Å². The number of hydrogen-bond acceptors (Lipinski definition) is 13. The molecule has 14 nitrogen and oxygen atoms in total. The molecule has 12 fully saturated rings. The van der Waals surface area contributed by atoms with E-state index in [1.165, 1.54) is 126 Å². The Bertz CT molecular complexity index is 3230. The van der Waals surface area contributed by atoms with E-state index >= 15 is 0 Å². The van der Waals surface area contributed by atoms with E-state index in [-0.39, 0.29) is 86.5 Å². The Morgan fingerprint density at radius 1 is 0.377 bits per heavy atom. The van der Waals surface area contributed by atoms with Crippen LogP contribution in [0.1, 0.15) is 295 Å². The average molecular weight is 1590 g/mol. The molecular formula is C100H167N3O11. The summed E-state index contributed by atoms with van der Waals surface area (Å²) in [6, 6.07) is 0. The molecular weight excluding hydrogens is 1420 g/mol. The smallest absolute Gasteiger partial charge is 0.302 e. The molecule has 0 aromatic heterocycles. The highest BCUT2D eigenvalue weighted by Gasteiger charge is 2.62. The first-order valence-corrected chi connectivity index (χ1v) is 45.7. The largest absolute Gasteiger partial charge is 0.481 e. The predicted octanol–water partition coefficient (Wildman–Crippen LogP) is 20.5. The second-order valence-corrected chi connectivity index (χ2v) is 42.6. The molecule has 14 heteroatoms. The van der Waals surface area contributed by atoms with Crippen molar-refractivity contribution in [2.45, 2.75) is 332 Å². The number of carbonyl (C=O) groups is 4. The van der Waals surface area contributed by atoms with E-state index in [9.17, 15) is 34.8 Å². The Morgan fingerprint density at radius 3 is 0.877 bits per heavy atom. The summed E-state index contributed by atoms with van der Waals surface area (Å²) >= 11 is 0. The second-order valence-electron chi connectivity index (χ2n) is 42.6. The molecule has 0 amide bonds. The van der Waals surface area contributed by atoms with Crippen LogP contribution in [0.3, 0.4) is 0 Å². The summed E-state index contributed by atoms with van der Waals surface area (Å²) in [6.45, 7) is 48.6. The van der Waals surface area contributed by atoms with Crippen LogP contribution in [0, 0.1) is 126 Å². The number of rotatable bonds is 20. The van der Waals surface area contributed by atoms with E-state index in [0.29, 0.717) is 108 Å². The zero-order valence-electron chi connectivity index (χ0n) is 75.7. The van der Waals surface area contributed by atoms with E-state index in [4.69, 9.17) is 19.4 Å². The first-order chi connectivity index (χ1) is 53.4. The molecule has 12 rings (SSSR count). The lowest BCUT2D eigenvalue weighted by Gasteiger charge is -2.56. The number of nitrogens with zero attached hydrogens (tertiary/aromatic N) is 3. The number of carbonyl (C=O) groups excluding carboxylic acids is 3. The van der Waals surface area contributed by atoms with Gasteiger partial charge in [-0.2, -0.15) is 0 Å². The van der Waals surface area contributed by atoms with Gasteiger partial charge in [0.1, 0.15) is 18.5 Å². The fourth-order valence-corrected chi connectivity index (χ4v) is 27.1. The Kier molecular flexibility index (Phi) is 33.6. The predicted molar refractivity (Wildman–Crippen MR) is 467 cm³/mol. The van der Waals surface area contributed by atoms with Gasteiger partial charge in [0, 0.05) is 57.7 Å². The monoisotopic (exact) mass is 1590 g/mol. The maximum atomic E-state index is 12.0. The number of aliphatic carboxylic acids is 1. The van der Waals surface area contributed by atoms with Crippen molar-refractivity contribution < 1.29 is 54.2 Å². The third-order valence-electron chi connectivity index (χ3n) is 34.7. The fraction of sp³-hybridized carbons (Fsp3) is 0.820. The normalized spacial score (nSPS) is 43.3. The maximum absolute atomic E-state index is 12.0. The van der Waals surface area contributed by atoms with Gasteiger partial charge < -0.3 is 54.5 Å². The number of likely N-dealkylation sites (N-methyl/N-ethyl adjacent to an activating group) is 3. The van der Waals surface area contributed by atoms with E-state index in [1.54, 1.807) is 6.92 Å². The number of aliphatic hydroxyl groups is 4. The molecule has 0 aromatic rings. The van der Waals surface area contributed by atoms with Crippen LogP contribution in [0.2, 0.25) is 0 Å². The van der Waals surface area contributed by atoms with Gasteiger partial charge in [0.2, 0.25) is 0 Å². The van der Waals surface area contributed by atoms with Crippen LogP contribution < -0.4 is 0 Å². The number of carboxylic acids is 1. The number of ether oxygens (including phenoxy) is 2. The molecule has 0 aliphatic heterocycles. The zero-order chi connectivity index (χ0) is 84.4. The Balaban J connectivity index is 0.000000187. The first-order valence-electron chi connectivity index (χ1n) is 45.7. The number of fused-ring (bicyclic) bond motifs is 4. The van der Waals surface area contributed by atoms with Crippen LogP contribution in [0.4, 0.5) is 0 Å². The minimum absolute atomic E-state index is 0.0168. The van der Waals surface area contributed by atoms with Crippen LogP contribution in [0.15, 0.2) is 85.1 Å². The molecule has 0 radical (unpaired) electrons. The Hall–Kier alpha value is -4.02. The Morgan fingerprint density at radius 2 is 0.632 bits per heavy atom. The van der Waals surface area contributed by atoms with Gasteiger partial charge in [-0.1, -0.05) is 154 Å². The molecule has 12 aliphatic carbocycles. The fourth-order valence-electron chi connectivity index (χ4n) is 27.1. The average Bonchev–Trinajstić information content (AvgIpc) is 1.47. The highest BCUT2D eigenvalue weighted by atomic mass is 16.5. The van der Waals surface area contributed by atoms with E-state index in [1.807, 2.05) is 0 Å². The van der Waals surface area contributed by atoms with Crippen LogP contribution in [-0.4, -0.2) is 163 Å². The summed E-state index contributed by atoms with van der Waals surface area (Å²) in [5.74, 6) is 7.14. The van der Waals surface area contributed by atoms with Crippen molar-refractivity contribution in [3.8, 4) is 0 Å². The molecule has 0 aromatic carbocycles. The third-order valence-corrected chi connectivity index (χ3v) is 34.7. The maximum Gasteiger partial charge on any atom is 0.302 e. The van der Waals surface area contributed by atoms with Gasteiger partial charge in [0.05, 0.1) is 24.4 Å². The number of carboxylic acid groups (broad SMARTS) is 1. The van der Waals surface area contributed by atoms with Crippen LogP contribution in [0.25, 0.3) is 0 Å². The van der Waals surface area contributed by atoms with Gasteiger partial charge in [-0.25, -0.2) is 0 Å². The molecule has 0 bridgehead atoms. The number of aldehydes is 1. The van der Waals surface area contributed by atoms with E-state index < -0.39 is 5.97 Å². The van der Waals surface area contributed by atoms with Crippen molar-refractivity contribution >= 4 is 24.2 Å². The first kappa shape index (κ1) is 95.5. The van der Waals surface area contributed by atoms with E-state index in [0.717, 1.165) is 123 Å². The molecule has 8 unspecified atom stereocenters. The van der Waals surface area contributed by atoms with Gasteiger partial charge >= 0.3 is 11.9 Å². The zero-order valence-corrected chi connectivity index (χ0v) is 75.7. The Labute approximate surface area is 694 Å². The molecule has 28 atom stereocenters. The topological polar surface area (TPSA) is 198 Å². The molecule has 5 N–H and O–H groups in total. The summed E-state index contributed by atoms with van der Waals surface area (Å²) in [6.07, 6.45) is 48.4. The summed E-state index contributed by atoms with van der Waals surface area (Å²) in [5, 5.41) is 49.4. The summed E-state index contributed by atoms with van der Waals surface area (Å²) in [7, 11) is 12.7. The number of esters is 2. The quantitative estimate of drug-likeness (QED) is 0.0438. The van der Waals surface area contributed by atoms with Crippen LogP contribution in [-0.2, 0) is 28.7 Å². The second kappa shape index (κ2) is 40.1. The standard InChI is InChI=1S/C27H45NO2.2C24H41NO2.C23H36O3.C2H4O2/c1-19-13-15-27(5,25(18-19)30-21(3)29)24-14-16-26(4)20(2)11-12-23(26)22(24)10-8-9-17-28(6)7;2*1-17-9-10-20-19(8-6-7-15-25(4)5)21(12-14-23(17,20)2)24(3)13-11-18(26)16-22(24)27;1-15-8-11-23(5,21(14-15)26-17(3)25)20-9-12-22(4)16(2)6-7-19(22)18(20)10-13-24;1-2(3)4/h8-9,19,22-25H,2,10-18H2,1,3-7H3;2*6-7,18-22,26-27H,1,8-16H2,2-5H3;13,15,18-21H,2,6-12,14H2,1,3-5H3;1H3,(H,3,4)/b9-8-;2*7-6-;;/t19-,22-,23?,24?,25-,26+,27+;2*18-,19-,20?,21?,22-,23+,24+;15-,18-,19?,20?,21-,22+,23+;/m0000./s1. The van der Waals surface area contributed by atoms with Crippen molar-refractivity contribution in [3.05, 3.63) is 85.1 Å². The van der Waals surface area contributed by atoms with Crippen molar-refractivity contribution in [1.29, 1.82) is 0 Å². The minimum Gasteiger partial charge on any atom is -0.481 e. The van der Waals surface area contributed by atoms with Gasteiger partial charge in [0.25, 0.3) is 5.97 Å². The summed E-state index contributed by atoms with van der Waals surface area (Å²) in [5.41, 5.74) is 6.78. The number of hydrogen-bond donors (Lipinski definition) is 5. The molecule has 0 saturated heterocycles. The van der Waals surface area contributed by atoms with Crippen LogP contribution in [0.5, 0.6) is 0 Å². The summed E-state index contributed by atoms with van der Waals surface area (Å²) < 4.78 is 11.9. The SMILES string of the molecule is C=C1CCC2[C@H](C/C=C\CN(C)C)C([C@@]3(C)CC[C@H](C)C[C@@H]3OC(C)=O)CC[C@]12C.C=C1CCC2[C@H](C/C=C\CN(C)C)C([C@@]3(C)CC[C@H](O)C[C@@H]3O)CC[C@]12C.C=C1CCC2[C@H](C/C=C\CN(C)C)C([C@@]3(C)CC[C@H](O)C[C@@H]3O)CC[C@]12C.C=C1CCC2[C@H](CC=O)C([C@@]3(C)CC[C@H](C)C[C@@H]3OC(C)=O)CC[C@]12C.CC(=O)O. The molecule has 0 heterocycles. The van der Waals surface area contributed by atoms with Gasteiger partial charge in [-0.05, 0) is 357 Å². The molecule has 12 saturated carbocycles. The van der Waals surface area contributed by atoms with Gasteiger partial charge in [-0.15, -0.1) is 0 Å². The van der Waals surface area contributed by atoms with E-state index in [2.05, 4.69) is 189 Å². The van der Waals surface area contributed by atoms with Gasteiger partial charge in [0.15, 0.2) is 0 Å².